The van der Waals surface area contributed by atoms with Crippen LogP contribution >= 0.6 is 0 Å². The molecule has 2 aliphatic rings. The minimum absolute atomic E-state index is 0.745. The summed E-state index contributed by atoms with van der Waals surface area (Å²) in [5, 5.41) is 3.70. The summed E-state index contributed by atoms with van der Waals surface area (Å²) in [4.78, 5) is 7.10. The van der Waals surface area contributed by atoms with Crippen molar-refractivity contribution in [2.75, 3.05) is 19.6 Å². The molecule has 1 N–H and O–H groups in total. The van der Waals surface area contributed by atoms with Gasteiger partial charge in [-0.15, -0.1) is 0 Å². The molecule has 19 heavy (non-hydrogen) atoms. The average Bonchev–Trinajstić information content (AvgIpc) is 3.17. The van der Waals surface area contributed by atoms with Crippen LogP contribution in [0.25, 0.3) is 0 Å². The molecule has 1 aromatic heterocycles. The van der Waals surface area contributed by atoms with Crippen LogP contribution in [0.4, 0.5) is 0 Å². The smallest absolute Gasteiger partial charge is 0.109 e. The summed E-state index contributed by atoms with van der Waals surface area (Å²) in [6.07, 6.45) is 11.9. The number of hydrogen-bond donors (Lipinski definition) is 1. The Morgan fingerprint density at radius 2 is 2.21 bits per heavy atom. The predicted molar refractivity (Wildman–Crippen MR) is 77.1 cm³/mol. The van der Waals surface area contributed by atoms with E-state index in [1.807, 2.05) is 12.4 Å². The van der Waals surface area contributed by atoms with Crippen LogP contribution in [0.2, 0.25) is 0 Å². The number of aryl methyl sites for hydroxylation is 1. The zero-order valence-electron chi connectivity index (χ0n) is 12.0. The van der Waals surface area contributed by atoms with Crippen LogP contribution in [0.1, 0.15) is 37.9 Å². The molecule has 1 saturated carbocycles. The van der Waals surface area contributed by atoms with Gasteiger partial charge in [-0.05, 0) is 32.2 Å². The van der Waals surface area contributed by atoms with Gasteiger partial charge in [-0.25, -0.2) is 4.98 Å². The van der Waals surface area contributed by atoms with E-state index < -0.39 is 0 Å². The van der Waals surface area contributed by atoms with Crippen LogP contribution in [-0.2, 0) is 13.5 Å². The number of imidazole rings is 1. The molecule has 106 valence electrons. The molecule has 1 aromatic rings. The predicted octanol–water partition coefficient (Wildman–Crippen LogP) is 1.57. The Labute approximate surface area is 116 Å². The Morgan fingerprint density at radius 3 is 2.95 bits per heavy atom. The van der Waals surface area contributed by atoms with Crippen molar-refractivity contribution in [2.45, 2.75) is 50.6 Å². The highest BCUT2D eigenvalue weighted by molar-refractivity contribution is 4.93. The summed E-state index contributed by atoms with van der Waals surface area (Å²) in [5.41, 5.74) is 0. The standard InChI is InChI=1S/C15H26N4/c1-18-11-8-16-15(18)7-10-19-9-3-2-4-14(19)12-17-13-5-6-13/h8,11,13-14,17H,2-7,9-10,12H2,1H3. The lowest BCUT2D eigenvalue weighted by Gasteiger charge is -2.36. The molecular formula is C15H26N4. The van der Waals surface area contributed by atoms with Gasteiger partial charge in [-0.2, -0.15) is 0 Å². The number of aromatic nitrogens is 2. The number of hydrogen-bond acceptors (Lipinski definition) is 3. The molecule has 1 aliphatic carbocycles. The maximum atomic E-state index is 4.43. The van der Waals surface area contributed by atoms with Crippen molar-refractivity contribution in [3.8, 4) is 0 Å². The topological polar surface area (TPSA) is 33.1 Å². The zero-order valence-corrected chi connectivity index (χ0v) is 12.0. The molecule has 4 nitrogen and oxygen atoms in total. The van der Waals surface area contributed by atoms with Gasteiger partial charge in [0.15, 0.2) is 0 Å². The second-order valence-corrected chi connectivity index (χ2v) is 6.07. The summed E-state index contributed by atoms with van der Waals surface area (Å²) in [5.74, 6) is 1.21. The van der Waals surface area contributed by atoms with E-state index in [0.29, 0.717) is 0 Å². The third-order valence-corrected chi connectivity index (χ3v) is 4.51. The average molecular weight is 262 g/mol. The van der Waals surface area contributed by atoms with Crippen LogP contribution in [0.5, 0.6) is 0 Å². The Morgan fingerprint density at radius 1 is 1.32 bits per heavy atom. The molecule has 1 unspecified atom stereocenters. The summed E-state index contributed by atoms with van der Waals surface area (Å²) >= 11 is 0. The Balaban J connectivity index is 1.49. The number of nitrogens with one attached hydrogen (secondary N) is 1. The van der Waals surface area contributed by atoms with Crippen LogP contribution < -0.4 is 5.32 Å². The van der Waals surface area contributed by atoms with Gasteiger partial charge in [0, 0.05) is 51.0 Å². The van der Waals surface area contributed by atoms with Gasteiger partial charge in [0.2, 0.25) is 0 Å². The fourth-order valence-electron chi connectivity index (χ4n) is 3.06. The van der Waals surface area contributed by atoms with Gasteiger partial charge in [0.05, 0.1) is 0 Å². The number of piperidine rings is 1. The summed E-state index contributed by atoms with van der Waals surface area (Å²) < 4.78 is 2.14. The third-order valence-electron chi connectivity index (χ3n) is 4.51. The van der Waals surface area contributed by atoms with Crippen molar-refractivity contribution in [1.82, 2.24) is 19.8 Å². The monoisotopic (exact) mass is 262 g/mol. The molecule has 2 heterocycles. The third kappa shape index (κ3) is 3.57. The molecule has 0 spiro atoms. The molecule has 0 amide bonds. The first kappa shape index (κ1) is 13.1. The van der Waals surface area contributed by atoms with Crippen molar-refractivity contribution < 1.29 is 0 Å². The molecule has 1 atom stereocenters. The second-order valence-electron chi connectivity index (χ2n) is 6.07. The van der Waals surface area contributed by atoms with Gasteiger partial charge in [-0.3, -0.25) is 4.90 Å². The first-order chi connectivity index (χ1) is 9.33. The highest BCUT2D eigenvalue weighted by atomic mass is 15.2. The molecule has 2 fully saturated rings. The van der Waals surface area contributed by atoms with Crippen molar-refractivity contribution in [2.24, 2.45) is 7.05 Å². The first-order valence-electron chi connectivity index (χ1n) is 7.76. The van der Waals surface area contributed by atoms with Gasteiger partial charge in [-0.1, -0.05) is 6.42 Å². The molecule has 0 bridgehead atoms. The number of rotatable bonds is 6. The maximum absolute atomic E-state index is 4.43. The largest absolute Gasteiger partial charge is 0.338 e. The molecule has 1 saturated heterocycles. The van der Waals surface area contributed by atoms with E-state index >= 15 is 0 Å². The summed E-state index contributed by atoms with van der Waals surface area (Å²) in [7, 11) is 2.09. The lowest BCUT2D eigenvalue weighted by Crippen LogP contribution is -2.46. The Bertz CT molecular complexity index is 397. The van der Waals surface area contributed by atoms with E-state index in [4.69, 9.17) is 0 Å². The fraction of sp³-hybridized carbons (Fsp3) is 0.800. The van der Waals surface area contributed by atoms with E-state index in [1.54, 1.807) is 0 Å². The quantitative estimate of drug-likeness (QED) is 0.845. The van der Waals surface area contributed by atoms with Gasteiger partial charge in [0.25, 0.3) is 0 Å². The molecular weight excluding hydrogens is 236 g/mol. The Kier molecular flexibility index (Phi) is 4.18. The van der Waals surface area contributed by atoms with E-state index in [1.165, 1.54) is 51.0 Å². The van der Waals surface area contributed by atoms with E-state index in [9.17, 15) is 0 Å². The lowest BCUT2D eigenvalue weighted by molar-refractivity contribution is 0.146. The minimum atomic E-state index is 0.745. The maximum Gasteiger partial charge on any atom is 0.109 e. The highest BCUT2D eigenvalue weighted by Crippen LogP contribution is 2.21. The molecule has 1 aliphatic heterocycles. The molecule has 0 radical (unpaired) electrons. The van der Waals surface area contributed by atoms with Crippen LogP contribution in [0.15, 0.2) is 12.4 Å². The van der Waals surface area contributed by atoms with Crippen LogP contribution in [0.3, 0.4) is 0 Å². The molecule has 0 aromatic carbocycles. The molecule has 3 rings (SSSR count). The number of likely N-dealkylation sites (tertiary alicyclic amines) is 1. The van der Waals surface area contributed by atoms with E-state index in [2.05, 4.69) is 26.8 Å². The van der Waals surface area contributed by atoms with Crippen LogP contribution in [-0.4, -0.2) is 46.2 Å². The van der Waals surface area contributed by atoms with Crippen molar-refractivity contribution in [3.63, 3.8) is 0 Å². The van der Waals surface area contributed by atoms with E-state index in [-0.39, 0.29) is 0 Å². The zero-order chi connectivity index (χ0) is 13.1. The SMILES string of the molecule is Cn1ccnc1CCN1CCCCC1CNC1CC1. The number of nitrogens with zero attached hydrogens (tertiary/aromatic N) is 3. The normalized spacial score (nSPS) is 24.8. The first-order valence-corrected chi connectivity index (χ1v) is 7.76. The van der Waals surface area contributed by atoms with Gasteiger partial charge >= 0.3 is 0 Å². The second kappa shape index (κ2) is 6.06. The van der Waals surface area contributed by atoms with Gasteiger partial charge in [0.1, 0.15) is 5.82 Å². The summed E-state index contributed by atoms with van der Waals surface area (Å²) in [6, 6.07) is 1.58. The summed E-state index contributed by atoms with van der Waals surface area (Å²) in [6.45, 7) is 3.61. The highest BCUT2D eigenvalue weighted by Gasteiger charge is 2.26. The fourth-order valence-corrected chi connectivity index (χ4v) is 3.06. The van der Waals surface area contributed by atoms with Gasteiger partial charge < -0.3 is 9.88 Å². The molecule has 4 heteroatoms. The lowest BCUT2D eigenvalue weighted by atomic mass is 10.0. The van der Waals surface area contributed by atoms with Crippen molar-refractivity contribution in [1.29, 1.82) is 0 Å². The van der Waals surface area contributed by atoms with E-state index in [0.717, 1.165) is 25.0 Å². The Hall–Kier alpha value is -0.870. The van der Waals surface area contributed by atoms with Crippen molar-refractivity contribution >= 4 is 0 Å². The van der Waals surface area contributed by atoms with Crippen LogP contribution in [0, 0.1) is 0 Å². The van der Waals surface area contributed by atoms with Crippen molar-refractivity contribution in [3.05, 3.63) is 18.2 Å². The minimum Gasteiger partial charge on any atom is -0.338 e.